The summed E-state index contributed by atoms with van der Waals surface area (Å²) in [6.45, 7) is 3.01. The lowest BCUT2D eigenvalue weighted by molar-refractivity contribution is -0.155. The van der Waals surface area contributed by atoms with E-state index in [1.54, 1.807) is 6.92 Å². The molecule has 2 aliphatic rings. The number of β-lactam (4-membered cyclic amide) rings is 1. The second kappa shape index (κ2) is 3.10. The number of carboxylic acid groups (broad SMARTS) is 1. The Balaban J connectivity index is 2.30. The van der Waals surface area contributed by atoms with Crippen molar-refractivity contribution >= 4 is 29.4 Å². The molecule has 0 aromatic heterocycles. The third-order valence-electron chi connectivity index (χ3n) is 2.56. The van der Waals surface area contributed by atoms with Crippen LogP contribution in [0.15, 0.2) is 10.6 Å². The number of nitrogens with zero attached hydrogens (tertiary/aromatic N) is 1. The molecule has 1 N–H and O–H groups in total. The number of hydrogen-bond donors (Lipinski definition) is 1. The highest BCUT2D eigenvalue weighted by Gasteiger charge is 2.57. The van der Waals surface area contributed by atoms with Gasteiger partial charge >= 0.3 is 5.97 Å². The largest absolute Gasteiger partial charge is 0.477 e. The monoisotopic (exact) mass is 227 g/mol. The lowest BCUT2D eigenvalue weighted by Crippen LogP contribution is -2.59. The molecule has 2 atom stereocenters. The van der Waals surface area contributed by atoms with Crippen molar-refractivity contribution in [3.05, 3.63) is 10.6 Å². The normalized spacial score (nSPS) is 28.9. The molecule has 0 bridgehead atoms. The van der Waals surface area contributed by atoms with E-state index in [1.807, 2.05) is 0 Å². The van der Waals surface area contributed by atoms with Gasteiger partial charge in [-0.05, 0) is 13.8 Å². The highest BCUT2D eigenvalue weighted by atomic mass is 32.2. The van der Waals surface area contributed by atoms with Crippen LogP contribution < -0.4 is 0 Å². The summed E-state index contributed by atoms with van der Waals surface area (Å²) in [6.07, 6.45) is 0. The molecule has 15 heavy (non-hydrogen) atoms. The number of rotatable bonds is 2. The summed E-state index contributed by atoms with van der Waals surface area (Å²) in [6, 6.07) is 0. The maximum atomic E-state index is 11.5. The zero-order chi connectivity index (χ0) is 11.3. The summed E-state index contributed by atoms with van der Waals surface area (Å²) in [4.78, 5) is 35.3. The number of ketones is 1. The van der Waals surface area contributed by atoms with Gasteiger partial charge < -0.3 is 5.11 Å². The molecule has 0 aromatic rings. The standard InChI is InChI=1S/C9H9NO4S/c1-3(11)5-7(12)10-6(9(13)14)4(2)15-8(5)10/h5,8H,1-2H3,(H,13,14)/t5-,8-/m1/s1. The molecule has 0 saturated carbocycles. The Labute approximate surface area is 90.1 Å². The van der Waals surface area contributed by atoms with Crippen LogP contribution in [0.25, 0.3) is 0 Å². The summed E-state index contributed by atoms with van der Waals surface area (Å²) >= 11 is 1.27. The number of thioether (sulfide) groups is 1. The number of allylic oxidation sites excluding steroid dienone is 1. The van der Waals surface area contributed by atoms with Crippen LogP contribution in [0.1, 0.15) is 13.8 Å². The Morgan fingerprint density at radius 1 is 1.47 bits per heavy atom. The van der Waals surface area contributed by atoms with Crippen molar-refractivity contribution in [1.82, 2.24) is 4.90 Å². The van der Waals surface area contributed by atoms with E-state index < -0.39 is 17.8 Å². The Hall–Kier alpha value is -1.30. The minimum atomic E-state index is -1.11. The summed E-state index contributed by atoms with van der Waals surface area (Å²) < 4.78 is 0. The summed E-state index contributed by atoms with van der Waals surface area (Å²) in [5.41, 5.74) is 0.0208. The number of aliphatic carboxylic acids is 1. The Morgan fingerprint density at radius 3 is 2.53 bits per heavy atom. The minimum absolute atomic E-state index is 0.0208. The fraction of sp³-hybridized carbons (Fsp3) is 0.444. The van der Waals surface area contributed by atoms with Gasteiger partial charge in [0.05, 0.1) is 0 Å². The van der Waals surface area contributed by atoms with Crippen molar-refractivity contribution in [2.24, 2.45) is 5.92 Å². The number of Topliss-reactive ketones (excluding diaryl/α,β-unsaturated/α-hetero) is 1. The minimum Gasteiger partial charge on any atom is -0.477 e. The predicted octanol–water partition coefficient (Wildman–Crippen LogP) is 0.423. The molecule has 1 saturated heterocycles. The van der Waals surface area contributed by atoms with Crippen molar-refractivity contribution in [3.63, 3.8) is 0 Å². The van der Waals surface area contributed by atoms with E-state index >= 15 is 0 Å². The van der Waals surface area contributed by atoms with Crippen LogP contribution in [0.3, 0.4) is 0 Å². The van der Waals surface area contributed by atoms with E-state index in [2.05, 4.69) is 0 Å². The van der Waals surface area contributed by atoms with E-state index in [-0.39, 0.29) is 16.9 Å². The number of carbonyl (C=O) groups excluding carboxylic acids is 2. The average Bonchev–Trinajstić information content (AvgIpc) is 2.38. The molecule has 6 heteroatoms. The molecule has 2 aliphatic heterocycles. The van der Waals surface area contributed by atoms with Gasteiger partial charge in [0.2, 0.25) is 5.91 Å². The third-order valence-corrected chi connectivity index (χ3v) is 3.83. The van der Waals surface area contributed by atoms with E-state index in [4.69, 9.17) is 5.11 Å². The van der Waals surface area contributed by atoms with Gasteiger partial charge in [0.15, 0.2) is 0 Å². The lowest BCUT2D eigenvalue weighted by atomic mass is 9.93. The molecule has 0 aromatic carbocycles. The highest BCUT2D eigenvalue weighted by molar-refractivity contribution is 8.04. The molecule has 2 rings (SSSR count). The maximum Gasteiger partial charge on any atom is 0.353 e. The third kappa shape index (κ3) is 1.21. The van der Waals surface area contributed by atoms with Crippen LogP contribution >= 0.6 is 11.8 Å². The SMILES string of the molecule is CC(=O)[C@@H]1C(=O)N2C(C(=O)O)=C(C)S[C@H]12. The van der Waals surface area contributed by atoms with Crippen molar-refractivity contribution in [1.29, 1.82) is 0 Å². The summed E-state index contributed by atoms with van der Waals surface area (Å²) in [5.74, 6) is -2.37. The molecule has 1 fully saturated rings. The number of hydrogen-bond acceptors (Lipinski definition) is 4. The molecule has 2 heterocycles. The fourth-order valence-electron chi connectivity index (χ4n) is 1.86. The van der Waals surface area contributed by atoms with Crippen molar-refractivity contribution < 1.29 is 19.5 Å². The first-order valence-electron chi connectivity index (χ1n) is 4.39. The number of amides is 1. The van der Waals surface area contributed by atoms with Gasteiger partial charge in [-0.2, -0.15) is 0 Å². The van der Waals surface area contributed by atoms with Gasteiger partial charge in [-0.1, -0.05) is 0 Å². The molecule has 5 nitrogen and oxygen atoms in total. The molecule has 1 amide bonds. The van der Waals surface area contributed by atoms with E-state index in [1.165, 1.54) is 23.6 Å². The van der Waals surface area contributed by atoms with Crippen LogP contribution in [-0.2, 0) is 14.4 Å². The Morgan fingerprint density at radius 2 is 2.07 bits per heavy atom. The van der Waals surface area contributed by atoms with Crippen molar-refractivity contribution in [2.75, 3.05) is 0 Å². The molecular weight excluding hydrogens is 218 g/mol. The van der Waals surface area contributed by atoms with Gasteiger partial charge in [-0.3, -0.25) is 14.5 Å². The topological polar surface area (TPSA) is 74.7 Å². The number of carbonyl (C=O) groups is 3. The summed E-state index contributed by atoms with van der Waals surface area (Å²) in [7, 11) is 0. The summed E-state index contributed by atoms with van der Waals surface area (Å²) in [5, 5.41) is 8.57. The quantitative estimate of drug-likeness (QED) is 0.546. The molecule has 80 valence electrons. The maximum absolute atomic E-state index is 11.5. The Bertz CT molecular complexity index is 414. The van der Waals surface area contributed by atoms with E-state index in [9.17, 15) is 14.4 Å². The zero-order valence-corrected chi connectivity index (χ0v) is 9.00. The molecule has 0 radical (unpaired) electrons. The van der Waals surface area contributed by atoms with Gasteiger partial charge in [0, 0.05) is 4.91 Å². The van der Waals surface area contributed by atoms with Crippen LogP contribution in [0.4, 0.5) is 0 Å². The fourth-order valence-corrected chi connectivity index (χ4v) is 3.28. The van der Waals surface area contributed by atoms with E-state index in [0.29, 0.717) is 4.91 Å². The van der Waals surface area contributed by atoms with Gasteiger partial charge in [0.25, 0.3) is 0 Å². The smallest absolute Gasteiger partial charge is 0.353 e. The van der Waals surface area contributed by atoms with Crippen molar-refractivity contribution in [2.45, 2.75) is 19.2 Å². The molecule has 0 unspecified atom stereocenters. The van der Waals surface area contributed by atoms with Crippen LogP contribution in [-0.4, -0.2) is 33.0 Å². The molecule has 0 aliphatic carbocycles. The predicted molar refractivity (Wildman–Crippen MR) is 52.7 cm³/mol. The van der Waals surface area contributed by atoms with Crippen LogP contribution in [0.2, 0.25) is 0 Å². The molecule has 0 spiro atoms. The second-order valence-corrected chi connectivity index (χ2v) is 4.85. The van der Waals surface area contributed by atoms with Crippen LogP contribution in [0, 0.1) is 5.92 Å². The average molecular weight is 227 g/mol. The first-order valence-corrected chi connectivity index (χ1v) is 5.27. The number of carboxylic acids is 1. The van der Waals surface area contributed by atoms with Gasteiger partial charge in [0.1, 0.15) is 22.8 Å². The first kappa shape index (κ1) is 10.2. The number of fused-ring (bicyclic) bond motifs is 1. The second-order valence-electron chi connectivity index (χ2n) is 3.51. The van der Waals surface area contributed by atoms with Gasteiger partial charge in [-0.15, -0.1) is 11.8 Å². The van der Waals surface area contributed by atoms with Crippen molar-refractivity contribution in [3.8, 4) is 0 Å². The van der Waals surface area contributed by atoms with Crippen LogP contribution in [0.5, 0.6) is 0 Å². The van der Waals surface area contributed by atoms with E-state index in [0.717, 1.165) is 0 Å². The highest BCUT2D eigenvalue weighted by Crippen LogP contribution is 2.49. The zero-order valence-electron chi connectivity index (χ0n) is 8.18. The van der Waals surface area contributed by atoms with Gasteiger partial charge in [-0.25, -0.2) is 4.79 Å². The molecular formula is C9H9NO4S. The first-order chi connectivity index (χ1) is 6.95. The lowest BCUT2D eigenvalue weighted by Gasteiger charge is -2.40. The Kier molecular flexibility index (Phi) is 2.11.